The van der Waals surface area contributed by atoms with Crippen molar-refractivity contribution in [1.29, 1.82) is 0 Å². The fourth-order valence-corrected chi connectivity index (χ4v) is 25.2. The number of nitrogens with zero attached hydrogens (tertiary/aromatic N) is 1. The van der Waals surface area contributed by atoms with E-state index in [1.54, 1.807) is 13.3 Å². The molecule has 136 valence electrons. The molecule has 0 radical (unpaired) electrons. The van der Waals surface area contributed by atoms with E-state index in [1.807, 2.05) is 14.7 Å². The number of hydrogen-bond donors (Lipinski definition) is 0. The van der Waals surface area contributed by atoms with Gasteiger partial charge < -0.3 is 0 Å². The fraction of sp³-hybridized carbons (Fsp3) is 0.750. The van der Waals surface area contributed by atoms with Crippen LogP contribution >= 0.6 is 23.1 Å². The summed E-state index contributed by atoms with van der Waals surface area (Å²) in [6.07, 6.45) is 9.39. The molecule has 0 aliphatic carbocycles. The number of thiophene rings is 1. The molecule has 4 heteroatoms. The van der Waals surface area contributed by atoms with E-state index in [2.05, 4.69) is 49.1 Å². The van der Waals surface area contributed by atoms with Crippen LogP contribution in [0.2, 0.25) is 13.3 Å². The topological polar surface area (TPSA) is 4.36 Å². The van der Waals surface area contributed by atoms with Crippen molar-refractivity contribution >= 4 is 44.4 Å². The first-order valence-corrected chi connectivity index (χ1v) is 19.1. The van der Waals surface area contributed by atoms with Crippen molar-refractivity contribution in [2.75, 3.05) is 12.3 Å². The van der Waals surface area contributed by atoms with Gasteiger partial charge in [0.05, 0.1) is 0 Å². The molecule has 0 spiro atoms. The summed E-state index contributed by atoms with van der Waals surface area (Å²) in [7, 11) is 0. The van der Waals surface area contributed by atoms with Gasteiger partial charge in [0, 0.05) is 0 Å². The van der Waals surface area contributed by atoms with Crippen LogP contribution in [0.1, 0.15) is 65.7 Å². The zero-order valence-electron chi connectivity index (χ0n) is 15.9. The van der Waals surface area contributed by atoms with Crippen molar-refractivity contribution in [3.8, 4) is 0 Å². The first kappa shape index (κ1) is 22.4. The van der Waals surface area contributed by atoms with E-state index < -0.39 is 18.4 Å². The molecule has 0 fully saturated rings. The van der Waals surface area contributed by atoms with Gasteiger partial charge in [0.1, 0.15) is 0 Å². The van der Waals surface area contributed by atoms with Gasteiger partial charge in [-0.05, 0) is 0 Å². The van der Waals surface area contributed by atoms with Crippen molar-refractivity contribution in [2.45, 2.75) is 83.2 Å². The van der Waals surface area contributed by atoms with E-state index in [-0.39, 0.29) is 0 Å². The summed E-state index contributed by atoms with van der Waals surface area (Å²) in [5.74, 6) is 1.10. The van der Waals surface area contributed by atoms with Gasteiger partial charge in [-0.15, -0.1) is 0 Å². The Hall–Kier alpha value is 0.339. The Labute approximate surface area is 162 Å². The molecule has 24 heavy (non-hydrogen) atoms. The molecule has 1 aromatic rings. The van der Waals surface area contributed by atoms with Gasteiger partial charge >= 0.3 is 163 Å². The van der Waals surface area contributed by atoms with E-state index in [1.165, 1.54) is 42.7 Å². The Balaban J connectivity index is 2.86. The molecule has 0 atom stereocenters. The monoisotopic (exact) mass is 473 g/mol. The van der Waals surface area contributed by atoms with Crippen LogP contribution in [0.3, 0.4) is 0 Å². The maximum atomic E-state index is 6.89. The number of unbranched alkanes of at least 4 members (excludes halogenated alkanes) is 3. The van der Waals surface area contributed by atoms with Crippen molar-refractivity contribution in [3.05, 3.63) is 23.5 Å². The molecule has 0 saturated carbocycles. The zero-order chi connectivity index (χ0) is 17.7. The van der Waals surface area contributed by atoms with Crippen molar-refractivity contribution in [2.24, 2.45) is 0 Å². The SMILES string of the molecule is [C-]#[N+]CCCSc1cc[c]([Sn]([CH2]CCC)([CH2]CCC)[CH2]CCC)s1. The average Bonchev–Trinajstić information content (AvgIpc) is 3.08. The van der Waals surface area contributed by atoms with Crippen molar-refractivity contribution in [1.82, 2.24) is 0 Å². The molecule has 0 N–H and O–H groups in total. The predicted octanol–water partition coefficient (Wildman–Crippen LogP) is 7.21. The average molecular weight is 472 g/mol. The summed E-state index contributed by atoms with van der Waals surface area (Å²) in [6.45, 7) is 14.6. The molecular formula is C20H35NS2Sn. The van der Waals surface area contributed by atoms with E-state index in [4.69, 9.17) is 6.57 Å². The second-order valence-corrected chi connectivity index (χ2v) is 23.4. The number of rotatable bonds is 14. The van der Waals surface area contributed by atoms with Gasteiger partial charge in [-0.25, -0.2) is 0 Å². The van der Waals surface area contributed by atoms with Crippen LogP contribution in [0.25, 0.3) is 4.85 Å². The van der Waals surface area contributed by atoms with Crippen LogP contribution in [0.15, 0.2) is 16.3 Å². The molecule has 1 heterocycles. The van der Waals surface area contributed by atoms with E-state index in [9.17, 15) is 0 Å². The molecule has 0 aliphatic rings. The molecule has 0 bridgehead atoms. The van der Waals surface area contributed by atoms with E-state index in [0.29, 0.717) is 6.54 Å². The maximum absolute atomic E-state index is 6.89. The Morgan fingerprint density at radius 2 is 1.54 bits per heavy atom. The van der Waals surface area contributed by atoms with Crippen LogP contribution in [0.5, 0.6) is 0 Å². The fourth-order valence-electron chi connectivity index (χ4n) is 3.29. The van der Waals surface area contributed by atoms with Gasteiger partial charge in [0.25, 0.3) is 0 Å². The summed E-state index contributed by atoms with van der Waals surface area (Å²) in [6, 6.07) is 4.90. The van der Waals surface area contributed by atoms with Crippen LogP contribution in [0.4, 0.5) is 0 Å². The van der Waals surface area contributed by atoms with Gasteiger partial charge in [-0.2, -0.15) is 0 Å². The van der Waals surface area contributed by atoms with Gasteiger partial charge in [0.15, 0.2) is 0 Å². The molecule has 0 aliphatic heterocycles. The van der Waals surface area contributed by atoms with Crippen molar-refractivity contribution < 1.29 is 0 Å². The molecule has 0 saturated heterocycles. The summed E-state index contributed by atoms with van der Waals surface area (Å²) < 4.78 is 8.03. The van der Waals surface area contributed by atoms with Gasteiger partial charge in [-0.3, -0.25) is 0 Å². The Morgan fingerprint density at radius 3 is 2.04 bits per heavy atom. The second kappa shape index (κ2) is 13.5. The minimum atomic E-state index is -2.20. The number of hydrogen-bond acceptors (Lipinski definition) is 2. The Kier molecular flexibility index (Phi) is 12.6. The summed E-state index contributed by atoms with van der Waals surface area (Å²) in [4.78, 5) is 3.46. The Morgan fingerprint density at radius 1 is 0.958 bits per heavy atom. The molecule has 1 nitrogen and oxygen atoms in total. The third-order valence-corrected chi connectivity index (χ3v) is 25.5. The molecular weight excluding hydrogens is 437 g/mol. The quantitative estimate of drug-likeness (QED) is 0.120. The van der Waals surface area contributed by atoms with Crippen LogP contribution < -0.4 is 2.89 Å². The first-order valence-electron chi connectivity index (χ1n) is 9.78. The van der Waals surface area contributed by atoms with E-state index in [0.717, 1.165) is 12.2 Å². The molecule has 0 amide bonds. The standard InChI is InChI=1S/C8H8NS2.3C4H9.Sn/c1-9-5-3-7-11-8-4-2-6-10-8;3*1-3-4-2;/h2,4H,3,5,7H2;3*1,3-4H2,2H3;. The summed E-state index contributed by atoms with van der Waals surface area (Å²) in [5.41, 5.74) is 0. The normalized spacial score (nSPS) is 11.6. The molecule has 0 aromatic carbocycles. The van der Waals surface area contributed by atoms with Crippen LogP contribution in [0, 0.1) is 6.57 Å². The molecule has 1 aromatic heterocycles. The summed E-state index contributed by atoms with van der Waals surface area (Å²) >= 11 is 1.91. The van der Waals surface area contributed by atoms with Crippen LogP contribution in [-0.2, 0) is 0 Å². The summed E-state index contributed by atoms with van der Waals surface area (Å²) in [5, 5.41) is 0. The number of thioether (sulfide) groups is 1. The zero-order valence-corrected chi connectivity index (χ0v) is 20.4. The minimum absolute atomic E-state index is 0.678. The second-order valence-electron chi connectivity index (χ2n) is 6.79. The van der Waals surface area contributed by atoms with Gasteiger partial charge in [-0.1, -0.05) is 0 Å². The molecule has 1 rings (SSSR count). The molecule has 0 unspecified atom stereocenters. The predicted molar refractivity (Wildman–Crippen MR) is 116 cm³/mol. The third-order valence-electron chi connectivity index (χ3n) is 4.79. The van der Waals surface area contributed by atoms with Crippen molar-refractivity contribution in [3.63, 3.8) is 0 Å². The third kappa shape index (κ3) is 7.70. The first-order chi connectivity index (χ1) is 11.7. The van der Waals surface area contributed by atoms with Gasteiger partial charge in [0.2, 0.25) is 0 Å². The van der Waals surface area contributed by atoms with E-state index >= 15 is 0 Å². The Bertz CT molecular complexity index is 456. The van der Waals surface area contributed by atoms with Crippen LogP contribution in [-0.4, -0.2) is 30.7 Å².